The molecule has 0 aliphatic rings. The van der Waals surface area contributed by atoms with Crippen molar-refractivity contribution < 1.29 is 9.47 Å². The highest BCUT2D eigenvalue weighted by Crippen LogP contribution is 2.25. The van der Waals surface area contributed by atoms with Crippen molar-refractivity contribution in [2.24, 2.45) is 5.73 Å². The van der Waals surface area contributed by atoms with Crippen molar-refractivity contribution in [3.05, 3.63) is 35.7 Å². The lowest BCUT2D eigenvalue weighted by Gasteiger charge is -2.13. The van der Waals surface area contributed by atoms with Crippen LogP contribution in [0.3, 0.4) is 0 Å². The molecule has 1 unspecified atom stereocenters. The molecule has 7 heteroatoms. The molecule has 0 saturated carbocycles. The van der Waals surface area contributed by atoms with E-state index in [-0.39, 0.29) is 0 Å². The first kappa shape index (κ1) is 13.2. The topological polar surface area (TPSA) is 96.0 Å². The van der Waals surface area contributed by atoms with Crippen molar-refractivity contribution in [2.75, 3.05) is 14.2 Å². The molecule has 7 nitrogen and oxygen atoms in total. The average molecular weight is 261 g/mol. The zero-order valence-corrected chi connectivity index (χ0v) is 11.0. The maximum Gasteiger partial charge on any atom is 0.240 e. The molecule has 2 aromatic rings. The highest BCUT2D eigenvalue weighted by Gasteiger charge is 2.19. The van der Waals surface area contributed by atoms with E-state index in [2.05, 4.69) is 19.9 Å². The van der Waals surface area contributed by atoms with Gasteiger partial charge in [-0.3, -0.25) is 9.97 Å². The van der Waals surface area contributed by atoms with Crippen LogP contribution in [-0.2, 0) is 0 Å². The Hall–Kier alpha value is -2.28. The van der Waals surface area contributed by atoms with Crippen molar-refractivity contribution in [3.63, 3.8) is 0 Å². The van der Waals surface area contributed by atoms with Crippen LogP contribution in [0.4, 0.5) is 0 Å². The van der Waals surface area contributed by atoms with Crippen LogP contribution in [0.2, 0.25) is 0 Å². The SMILES string of the molecule is COc1cnc(C(N)c2cnc(C)cn2)c(OC)n1. The van der Waals surface area contributed by atoms with Gasteiger partial charge in [-0.05, 0) is 6.92 Å². The highest BCUT2D eigenvalue weighted by atomic mass is 16.5. The Morgan fingerprint density at radius 2 is 1.84 bits per heavy atom. The third kappa shape index (κ3) is 2.76. The van der Waals surface area contributed by atoms with Gasteiger partial charge in [0.05, 0.1) is 44.0 Å². The van der Waals surface area contributed by atoms with Gasteiger partial charge in [-0.25, -0.2) is 4.98 Å². The Balaban J connectivity index is 2.37. The van der Waals surface area contributed by atoms with Crippen molar-refractivity contribution in [1.82, 2.24) is 19.9 Å². The van der Waals surface area contributed by atoms with Gasteiger partial charge < -0.3 is 15.2 Å². The number of hydrogen-bond donors (Lipinski definition) is 1. The van der Waals surface area contributed by atoms with E-state index < -0.39 is 6.04 Å². The van der Waals surface area contributed by atoms with Gasteiger partial charge in [-0.2, -0.15) is 4.98 Å². The summed E-state index contributed by atoms with van der Waals surface area (Å²) < 4.78 is 10.2. The molecule has 0 bridgehead atoms. The lowest BCUT2D eigenvalue weighted by molar-refractivity contribution is 0.355. The van der Waals surface area contributed by atoms with Crippen LogP contribution in [0, 0.1) is 6.92 Å². The minimum absolute atomic E-state index is 0.314. The van der Waals surface area contributed by atoms with Crippen molar-refractivity contribution in [2.45, 2.75) is 13.0 Å². The lowest BCUT2D eigenvalue weighted by Crippen LogP contribution is -2.17. The Labute approximate surface area is 110 Å². The monoisotopic (exact) mass is 261 g/mol. The molecule has 0 aliphatic carbocycles. The summed E-state index contributed by atoms with van der Waals surface area (Å²) in [5, 5.41) is 0. The van der Waals surface area contributed by atoms with Gasteiger partial charge in [-0.1, -0.05) is 0 Å². The smallest absolute Gasteiger partial charge is 0.240 e. The van der Waals surface area contributed by atoms with Gasteiger partial charge in [-0.15, -0.1) is 0 Å². The van der Waals surface area contributed by atoms with E-state index in [1.54, 1.807) is 12.4 Å². The van der Waals surface area contributed by atoms with E-state index in [9.17, 15) is 0 Å². The lowest BCUT2D eigenvalue weighted by atomic mass is 10.1. The molecule has 2 rings (SSSR count). The van der Waals surface area contributed by atoms with Crippen LogP contribution in [0.1, 0.15) is 23.1 Å². The van der Waals surface area contributed by atoms with E-state index in [0.29, 0.717) is 23.1 Å². The average Bonchev–Trinajstić information content (AvgIpc) is 2.46. The largest absolute Gasteiger partial charge is 0.480 e. The molecule has 0 saturated heterocycles. The van der Waals surface area contributed by atoms with Crippen LogP contribution in [0.5, 0.6) is 11.8 Å². The summed E-state index contributed by atoms with van der Waals surface area (Å²) >= 11 is 0. The molecule has 2 N–H and O–H groups in total. The zero-order chi connectivity index (χ0) is 13.8. The van der Waals surface area contributed by atoms with Gasteiger partial charge in [0.15, 0.2) is 0 Å². The fourth-order valence-corrected chi connectivity index (χ4v) is 1.53. The summed E-state index contributed by atoms with van der Waals surface area (Å²) in [5.74, 6) is 0.678. The Morgan fingerprint density at radius 3 is 2.42 bits per heavy atom. The third-order valence-corrected chi connectivity index (χ3v) is 2.56. The van der Waals surface area contributed by atoms with Crippen LogP contribution >= 0.6 is 0 Å². The zero-order valence-electron chi connectivity index (χ0n) is 11.0. The van der Waals surface area contributed by atoms with Gasteiger partial charge >= 0.3 is 0 Å². The second kappa shape index (κ2) is 5.57. The van der Waals surface area contributed by atoms with Gasteiger partial charge in [0.2, 0.25) is 11.8 Å². The van der Waals surface area contributed by atoms with Crippen LogP contribution < -0.4 is 15.2 Å². The standard InChI is InChI=1S/C12H15N5O2/c1-7-4-15-8(5-14-7)10(13)11-12(19-3)17-9(18-2)6-16-11/h4-6,10H,13H2,1-3H3. The summed E-state index contributed by atoms with van der Waals surface area (Å²) in [6.45, 7) is 1.86. The molecule has 0 aromatic carbocycles. The van der Waals surface area contributed by atoms with E-state index in [0.717, 1.165) is 5.69 Å². The summed E-state index contributed by atoms with van der Waals surface area (Å²) in [7, 11) is 3.01. The maximum atomic E-state index is 6.11. The number of ether oxygens (including phenoxy) is 2. The predicted octanol–water partition coefficient (Wildman–Crippen LogP) is 0.640. The van der Waals surface area contributed by atoms with Crippen molar-refractivity contribution in [1.29, 1.82) is 0 Å². The van der Waals surface area contributed by atoms with Gasteiger partial charge in [0.25, 0.3) is 0 Å². The summed E-state index contributed by atoms with van der Waals surface area (Å²) in [6.07, 6.45) is 4.75. The fraction of sp³-hybridized carbons (Fsp3) is 0.333. The molecule has 100 valence electrons. The minimum atomic E-state index is -0.554. The van der Waals surface area contributed by atoms with E-state index >= 15 is 0 Å². The van der Waals surface area contributed by atoms with Crippen molar-refractivity contribution in [3.8, 4) is 11.8 Å². The van der Waals surface area contributed by atoms with Gasteiger partial charge in [0.1, 0.15) is 5.69 Å². The first-order valence-corrected chi connectivity index (χ1v) is 5.64. The second-order valence-corrected chi connectivity index (χ2v) is 3.87. The minimum Gasteiger partial charge on any atom is -0.480 e. The second-order valence-electron chi connectivity index (χ2n) is 3.87. The summed E-state index contributed by atoms with van der Waals surface area (Å²) in [4.78, 5) is 16.7. The molecule has 0 fully saturated rings. The molecular weight excluding hydrogens is 246 g/mol. The first-order valence-electron chi connectivity index (χ1n) is 5.64. The van der Waals surface area contributed by atoms with E-state index in [4.69, 9.17) is 15.2 Å². The molecule has 19 heavy (non-hydrogen) atoms. The Bertz CT molecular complexity index is 559. The summed E-state index contributed by atoms with van der Waals surface area (Å²) in [5.41, 5.74) is 8.02. The van der Waals surface area contributed by atoms with Crippen LogP contribution in [0.15, 0.2) is 18.6 Å². The van der Waals surface area contributed by atoms with E-state index in [1.807, 2.05) is 6.92 Å². The van der Waals surface area contributed by atoms with Crippen molar-refractivity contribution >= 4 is 0 Å². The highest BCUT2D eigenvalue weighted by molar-refractivity contribution is 5.30. The maximum absolute atomic E-state index is 6.11. The number of aromatic nitrogens is 4. The van der Waals surface area contributed by atoms with Crippen LogP contribution in [0.25, 0.3) is 0 Å². The number of hydrogen-bond acceptors (Lipinski definition) is 7. The number of nitrogens with two attached hydrogens (primary N) is 1. The quantitative estimate of drug-likeness (QED) is 0.862. The predicted molar refractivity (Wildman–Crippen MR) is 67.9 cm³/mol. The molecule has 0 aliphatic heterocycles. The van der Waals surface area contributed by atoms with Crippen LogP contribution in [-0.4, -0.2) is 34.2 Å². The van der Waals surface area contributed by atoms with Gasteiger partial charge in [0, 0.05) is 6.20 Å². The molecular formula is C12H15N5O2. The normalized spacial score (nSPS) is 12.0. The number of methoxy groups -OCH3 is 2. The molecule has 0 radical (unpaired) electrons. The molecule has 0 spiro atoms. The molecule has 2 heterocycles. The number of nitrogens with zero attached hydrogens (tertiary/aromatic N) is 4. The van der Waals surface area contributed by atoms with E-state index in [1.165, 1.54) is 20.4 Å². The third-order valence-electron chi connectivity index (χ3n) is 2.56. The molecule has 2 aromatic heterocycles. The molecule has 1 atom stereocenters. The Kier molecular flexibility index (Phi) is 3.86. The number of rotatable bonds is 4. The first-order chi connectivity index (χ1) is 9.15. The summed E-state index contributed by atoms with van der Waals surface area (Å²) in [6, 6.07) is -0.554. The fourth-order valence-electron chi connectivity index (χ4n) is 1.53. The molecule has 0 amide bonds. The number of aryl methyl sites for hydroxylation is 1. The Morgan fingerprint density at radius 1 is 1.05 bits per heavy atom.